The first kappa shape index (κ1) is 21.7. The SMILES string of the molecule is Cc1ccccc1CC(=O)N[C@H]1COC2(CCN(C(=O)CCO)CC2)C[C@]1(C)O. The number of benzene rings is 1. The molecule has 3 N–H and O–H groups in total. The maximum Gasteiger partial charge on any atom is 0.224 e. The van der Waals surface area contributed by atoms with Crippen molar-refractivity contribution in [1.29, 1.82) is 0 Å². The molecule has 7 heteroatoms. The maximum atomic E-state index is 12.5. The summed E-state index contributed by atoms with van der Waals surface area (Å²) in [5.74, 6) is -0.181. The van der Waals surface area contributed by atoms with E-state index in [2.05, 4.69) is 5.32 Å². The topological polar surface area (TPSA) is 99.1 Å². The Bertz CT molecular complexity index is 740. The van der Waals surface area contributed by atoms with E-state index >= 15 is 0 Å². The van der Waals surface area contributed by atoms with Gasteiger partial charge in [0.05, 0.1) is 36.9 Å². The van der Waals surface area contributed by atoms with Crippen molar-refractivity contribution in [2.24, 2.45) is 0 Å². The summed E-state index contributed by atoms with van der Waals surface area (Å²) in [6, 6.07) is 7.30. The number of hydrogen-bond donors (Lipinski definition) is 3. The zero-order chi connectivity index (χ0) is 21.1. The van der Waals surface area contributed by atoms with Crippen molar-refractivity contribution < 1.29 is 24.5 Å². The van der Waals surface area contributed by atoms with E-state index in [0.29, 0.717) is 32.4 Å². The van der Waals surface area contributed by atoms with Gasteiger partial charge in [-0.3, -0.25) is 9.59 Å². The largest absolute Gasteiger partial charge is 0.396 e. The summed E-state index contributed by atoms with van der Waals surface area (Å²) < 4.78 is 6.16. The molecule has 2 amide bonds. The quantitative estimate of drug-likeness (QED) is 0.678. The third-order valence-corrected chi connectivity index (χ3v) is 6.29. The number of amides is 2. The van der Waals surface area contributed by atoms with Crippen LogP contribution >= 0.6 is 0 Å². The Morgan fingerprint density at radius 2 is 1.97 bits per heavy atom. The molecule has 7 nitrogen and oxygen atoms in total. The third kappa shape index (κ3) is 5.15. The van der Waals surface area contributed by atoms with E-state index in [-0.39, 0.29) is 37.9 Å². The molecule has 2 atom stereocenters. The number of aliphatic hydroxyl groups excluding tert-OH is 1. The van der Waals surface area contributed by atoms with Gasteiger partial charge in [-0.15, -0.1) is 0 Å². The van der Waals surface area contributed by atoms with Gasteiger partial charge < -0.3 is 25.2 Å². The molecule has 0 unspecified atom stereocenters. The van der Waals surface area contributed by atoms with Crippen LogP contribution in [0.15, 0.2) is 24.3 Å². The molecule has 2 saturated heterocycles. The highest BCUT2D eigenvalue weighted by Crippen LogP contribution is 2.39. The smallest absolute Gasteiger partial charge is 0.224 e. The van der Waals surface area contributed by atoms with Crippen LogP contribution < -0.4 is 5.32 Å². The molecule has 2 heterocycles. The molecule has 0 saturated carbocycles. The lowest BCUT2D eigenvalue weighted by molar-refractivity contribution is -0.190. The van der Waals surface area contributed by atoms with E-state index in [9.17, 15) is 14.7 Å². The van der Waals surface area contributed by atoms with E-state index in [0.717, 1.165) is 11.1 Å². The van der Waals surface area contributed by atoms with E-state index < -0.39 is 17.2 Å². The summed E-state index contributed by atoms with van der Waals surface area (Å²) in [5, 5.41) is 23.0. The predicted octanol–water partition coefficient (Wildman–Crippen LogP) is 0.937. The monoisotopic (exact) mass is 404 g/mol. The fraction of sp³-hybridized carbons (Fsp3) is 0.636. The molecule has 3 rings (SSSR count). The number of ether oxygens (including phenoxy) is 1. The second kappa shape index (κ2) is 8.81. The Kier molecular flexibility index (Phi) is 6.61. The molecule has 2 fully saturated rings. The first-order chi connectivity index (χ1) is 13.7. The Labute approximate surface area is 172 Å². The lowest BCUT2D eigenvalue weighted by atomic mass is 9.75. The number of nitrogens with zero attached hydrogens (tertiary/aromatic N) is 1. The van der Waals surface area contributed by atoms with E-state index in [1.165, 1.54) is 0 Å². The fourth-order valence-corrected chi connectivity index (χ4v) is 4.43. The number of carbonyl (C=O) groups is 2. The molecular weight excluding hydrogens is 372 g/mol. The molecule has 1 aromatic carbocycles. The van der Waals surface area contributed by atoms with Crippen LogP contribution in [0.5, 0.6) is 0 Å². The van der Waals surface area contributed by atoms with Gasteiger partial charge in [-0.05, 0) is 37.8 Å². The second-order valence-corrected chi connectivity index (χ2v) is 8.61. The summed E-state index contributed by atoms with van der Waals surface area (Å²) >= 11 is 0. The number of aliphatic hydroxyl groups is 2. The molecule has 0 aliphatic carbocycles. The van der Waals surface area contributed by atoms with Crippen LogP contribution in [-0.2, 0) is 20.7 Å². The van der Waals surface area contributed by atoms with Crippen molar-refractivity contribution in [3.8, 4) is 0 Å². The molecule has 0 bridgehead atoms. The number of aryl methyl sites for hydroxylation is 1. The van der Waals surface area contributed by atoms with Crippen LogP contribution in [0.3, 0.4) is 0 Å². The number of hydrogen-bond acceptors (Lipinski definition) is 5. The van der Waals surface area contributed by atoms with Gasteiger partial charge in [0.15, 0.2) is 0 Å². The van der Waals surface area contributed by atoms with Crippen molar-refractivity contribution in [2.75, 3.05) is 26.3 Å². The van der Waals surface area contributed by atoms with Gasteiger partial charge >= 0.3 is 0 Å². The average molecular weight is 405 g/mol. The van der Waals surface area contributed by atoms with Crippen molar-refractivity contribution >= 4 is 11.8 Å². The lowest BCUT2D eigenvalue weighted by Gasteiger charge is -2.51. The molecule has 0 radical (unpaired) electrons. The van der Waals surface area contributed by atoms with Crippen LogP contribution in [0.2, 0.25) is 0 Å². The Morgan fingerprint density at radius 3 is 2.59 bits per heavy atom. The number of nitrogens with one attached hydrogen (secondary N) is 1. The lowest BCUT2D eigenvalue weighted by Crippen LogP contribution is -2.64. The molecule has 160 valence electrons. The second-order valence-electron chi connectivity index (χ2n) is 8.61. The first-order valence-electron chi connectivity index (χ1n) is 10.3. The van der Waals surface area contributed by atoms with Gasteiger partial charge in [-0.2, -0.15) is 0 Å². The van der Waals surface area contributed by atoms with Gasteiger partial charge in [0.25, 0.3) is 0 Å². The van der Waals surface area contributed by atoms with Crippen LogP contribution in [0.25, 0.3) is 0 Å². The number of carbonyl (C=O) groups excluding carboxylic acids is 2. The fourth-order valence-electron chi connectivity index (χ4n) is 4.43. The highest BCUT2D eigenvalue weighted by Gasteiger charge is 2.49. The normalized spacial score (nSPS) is 26.3. The molecule has 29 heavy (non-hydrogen) atoms. The van der Waals surface area contributed by atoms with Gasteiger partial charge in [0.2, 0.25) is 11.8 Å². The summed E-state index contributed by atoms with van der Waals surface area (Å²) in [7, 11) is 0. The number of rotatable bonds is 5. The minimum atomic E-state index is -1.09. The van der Waals surface area contributed by atoms with Crippen LogP contribution in [0.1, 0.15) is 43.7 Å². The summed E-state index contributed by atoms with van der Waals surface area (Å²) in [5.41, 5.74) is 0.474. The highest BCUT2D eigenvalue weighted by molar-refractivity contribution is 5.79. The molecule has 2 aliphatic heterocycles. The minimum absolute atomic E-state index is 0.0498. The Morgan fingerprint density at radius 1 is 1.28 bits per heavy atom. The first-order valence-corrected chi connectivity index (χ1v) is 10.3. The van der Waals surface area contributed by atoms with Crippen molar-refractivity contribution in [2.45, 2.75) is 63.2 Å². The molecule has 2 aliphatic rings. The van der Waals surface area contributed by atoms with Crippen LogP contribution in [0.4, 0.5) is 0 Å². The summed E-state index contributed by atoms with van der Waals surface area (Å²) in [6.45, 7) is 4.94. The molecular formula is C22H32N2O5. The number of likely N-dealkylation sites (tertiary alicyclic amines) is 1. The van der Waals surface area contributed by atoms with Crippen molar-refractivity contribution in [3.63, 3.8) is 0 Å². The van der Waals surface area contributed by atoms with Gasteiger partial charge in [0.1, 0.15) is 0 Å². The van der Waals surface area contributed by atoms with Gasteiger partial charge in [-0.25, -0.2) is 0 Å². The van der Waals surface area contributed by atoms with E-state index in [4.69, 9.17) is 9.84 Å². The molecule has 1 spiro atoms. The average Bonchev–Trinajstić information content (AvgIpc) is 2.66. The van der Waals surface area contributed by atoms with Crippen molar-refractivity contribution in [1.82, 2.24) is 10.2 Å². The highest BCUT2D eigenvalue weighted by atomic mass is 16.5. The summed E-state index contributed by atoms with van der Waals surface area (Å²) in [6.07, 6.45) is 2.11. The predicted molar refractivity (Wildman–Crippen MR) is 108 cm³/mol. The maximum absolute atomic E-state index is 12.5. The Balaban J connectivity index is 1.56. The van der Waals surface area contributed by atoms with E-state index in [1.807, 2.05) is 31.2 Å². The molecule has 0 aromatic heterocycles. The van der Waals surface area contributed by atoms with Crippen LogP contribution in [0, 0.1) is 6.92 Å². The van der Waals surface area contributed by atoms with Gasteiger partial charge in [-0.1, -0.05) is 24.3 Å². The van der Waals surface area contributed by atoms with Crippen molar-refractivity contribution in [3.05, 3.63) is 35.4 Å². The molecule has 1 aromatic rings. The zero-order valence-corrected chi connectivity index (χ0v) is 17.3. The Hall–Kier alpha value is -1.96. The number of piperidine rings is 1. The summed E-state index contributed by atoms with van der Waals surface area (Å²) in [4.78, 5) is 26.2. The standard InChI is InChI=1S/C22H32N2O5/c1-16-5-3-4-6-17(16)13-19(26)23-18-14-29-22(15-21(18,2)28)8-10-24(11-9-22)20(27)7-12-25/h3-6,18,25,28H,7-15H2,1-2H3,(H,23,26)/t18-,21-/m0/s1. The third-order valence-electron chi connectivity index (χ3n) is 6.29. The zero-order valence-electron chi connectivity index (χ0n) is 17.3. The van der Waals surface area contributed by atoms with Gasteiger partial charge in [0, 0.05) is 25.9 Å². The van der Waals surface area contributed by atoms with Crippen LogP contribution in [-0.4, -0.2) is 70.5 Å². The van der Waals surface area contributed by atoms with E-state index in [1.54, 1.807) is 11.8 Å². The minimum Gasteiger partial charge on any atom is -0.396 e.